The quantitative estimate of drug-likeness (QED) is 0.852. The van der Waals surface area contributed by atoms with Gasteiger partial charge >= 0.3 is 0 Å². The van der Waals surface area contributed by atoms with E-state index in [-0.39, 0.29) is 35.8 Å². The topological polar surface area (TPSA) is 86.4 Å². The highest BCUT2D eigenvalue weighted by molar-refractivity contribution is 5.81. The third-order valence-electron chi connectivity index (χ3n) is 5.34. The van der Waals surface area contributed by atoms with Gasteiger partial charge in [-0.2, -0.15) is 0 Å². The predicted octanol–water partition coefficient (Wildman–Crippen LogP) is 1.12. The summed E-state index contributed by atoms with van der Waals surface area (Å²) >= 11 is 0. The van der Waals surface area contributed by atoms with Crippen molar-refractivity contribution in [2.75, 3.05) is 19.6 Å². The number of nitrogens with zero attached hydrogens (tertiary/aromatic N) is 3. The molecule has 7 heteroatoms. The minimum Gasteiger partial charge on any atom is -0.340 e. The first-order valence-corrected chi connectivity index (χ1v) is 9.47. The lowest BCUT2D eigenvalue weighted by Gasteiger charge is -2.34. The number of aromatic amines is 1. The molecule has 1 aromatic heterocycles. The van der Waals surface area contributed by atoms with Crippen molar-refractivity contribution in [3.05, 3.63) is 27.9 Å². The minimum absolute atomic E-state index is 0.0181. The van der Waals surface area contributed by atoms with Crippen molar-refractivity contribution >= 4 is 11.8 Å². The molecule has 2 heterocycles. The number of aryl methyl sites for hydroxylation is 1. The van der Waals surface area contributed by atoms with E-state index in [1.54, 1.807) is 11.8 Å². The molecule has 1 saturated heterocycles. The maximum absolute atomic E-state index is 12.8. The molecule has 0 aromatic carbocycles. The molecular formula is C19H28N4O3. The van der Waals surface area contributed by atoms with Crippen molar-refractivity contribution in [3.8, 4) is 0 Å². The van der Waals surface area contributed by atoms with Crippen LogP contribution < -0.4 is 5.56 Å². The lowest BCUT2D eigenvalue weighted by Crippen LogP contribution is -2.48. The zero-order chi connectivity index (χ0) is 18.8. The molecule has 2 fully saturated rings. The fourth-order valence-electron chi connectivity index (χ4n) is 3.50. The Labute approximate surface area is 153 Å². The number of H-pyrrole nitrogens is 1. The third kappa shape index (κ3) is 4.31. The van der Waals surface area contributed by atoms with E-state index < -0.39 is 0 Å². The van der Waals surface area contributed by atoms with Gasteiger partial charge in [-0.25, -0.2) is 4.98 Å². The van der Waals surface area contributed by atoms with Crippen LogP contribution in [0.3, 0.4) is 0 Å². The number of amides is 2. The normalized spacial score (nSPS) is 21.2. The van der Waals surface area contributed by atoms with Crippen molar-refractivity contribution < 1.29 is 9.59 Å². The highest BCUT2D eigenvalue weighted by Gasteiger charge is 2.36. The van der Waals surface area contributed by atoms with Crippen LogP contribution in [0.5, 0.6) is 0 Å². The Bertz CT molecular complexity index is 739. The van der Waals surface area contributed by atoms with E-state index in [1.807, 2.05) is 4.90 Å². The van der Waals surface area contributed by atoms with E-state index >= 15 is 0 Å². The van der Waals surface area contributed by atoms with Crippen LogP contribution in [0.4, 0.5) is 0 Å². The number of carbonyl (C=O) groups is 2. The fourth-order valence-corrected chi connectivity index (χ4v) is 3.50. The molecule has 1 N–H and O–H groups in total. The van der Waals surface area contributed by atoms with E-state index in [0.717, 1.165) is 6.54 Å². The molecule has 1 aromatic rings. The van der Waals surface area contributed by atoms with Crippen molar-refractivity contribution in [1.82, 2.24) is 19.8 Å². The van der Waals surface area contributed by atoms with E-state index in [2.05, 4.69) is 23.8 Å². The van der Waals surface area contributed by atoms with Gasteiger partial charge in [0, 0.05) is 37.8 Å². The van der Waals surface area contributed by atoms with Gasteiger partial charge in [0.25, 0.3) is 5.56 Å². The van der Waals surface area contributed by atoms with Crippen LogP contribution in [-0.4, -0.2) is 57.3 Å². The number of hydrogen-bond donors (Lipinski definition) is 1. The highest BCUT2D eigenvalue weighted by Crippen LogP contribution is 2.32. The van der Waals surface area contributed by atoms with Gasteiger partial charge in [-0.3, -0.25) is 14.4 Å². The Kier molecular flexibility index (Phi) is 5.44. The first-order chi connectivity index (χ1) is 12.3. The number of rotatable bonds is 5. The van der Waals surface area contributed by atoms with E-state index in [1.165, 1.54) is 19.0 Å². The lowest BCUT2D eigenvalue weighted by molar-refractivity contribution is -0.134. The summed E-state index contributed by atoms with van der Waals surface area (Å²) in [7, 11) is 0. The largest absolute Gasteiger partial charge is 0.340 e. The highest BCUT2D eigenvalue weighted by atomic mass is 16.2. The first-order valence-electron chi connectivity index (χ1n) is 9.47. The number of hydrogen-bond acceptors (Lipinski definition) is 4. The van der Waals surface area contributed by atoms with E-state index in [0.29, 0.717) is 36.8 Å². The average molecular weight is 360 g/mol. The smallest absolute Gasteiger partial charge is 0.254 e. The molecule has 1 aliphatic carbocycles. The van der Waals surface area contributed by atoms with Crippen LogP contribution in [0.25, 0.3) is 0 Å². The molecule has 7 nitrogen and oxygen atoms in total. The van der Waals surface area contributed by atoms with Crippen LogP contribution in [0.2, 0.25) is 0 Å². The Balaban J connectivity index is 1.73. The van der Waals surface area contributed by atoms with Gasteiger partial charge in [0.15, 0.2) is 0 Å². The summed E-state index contributed by atoms with van der Waals surface area (Å²) in [5.74, 6) is 1.45. The SMILES string of the molecule is Cc1ncc(CC(=O)N2CCC(=O)N(CC3CC3)[C@H](C(C)C)C2)c(=O)[nH]1. The molecule has 2 aliphatic rings. The Morgan fingerprint density at radius 1 is 1.35 bits per heavy atom. The molecule has 142 valence electrons. The van der Waals surface area contributed by atoms with Crippen LogP contribution in [0.15, 0.2) is 11.0 Å². The summed E-state index contributed by atoms with van der Waals surface area (Å²) in [6.07, 6.45) is 4.23. The maximum atomic E-state index is 12.8. The second-order valence-electron chi connectivity index (χ2n) is 7.89. The summed E-state index contributed by atoms with van der Waals surface area (Å²) in [6, 6.07) is 0.0315. The molecule has 0 radical (unpaired) electrons. The van der Waals surface area contributed by atoms with E-state index in [4.69, 9.17) is 0 Å². The maximum Gasteiger partial charge on any atom is 0.254 e. The Morgan fingerprint density at radius 3 is 2.69 bits per heavy atom. The van der Waals surface area contributed by atoms with Gasteiger partial charge in [-0.05, 0) is 31.6 Å². The fraction of sp³-hybridized carbons (Fsp3) is 0.684. The zero-order valence-electron chi connectivity index (χ0n) is 15.8. The van der Waals surface area contributed by atoms with Gasteiger partial charge < -0.3 is 14.8 Å². The third-order valence-corrected chi connectivity index (χ3v) is 5.34. The summed E-state index contributed by atoms with van der Waals surface area (Å²) in [5.41, 5.74) is 0.0969. The Hall–Kier alpha value is -2.18. The molecule has 3 rings (SSSR count). The van der Waals surface area contributed by atoms with Crippen molar-refractivity contribution in [1.29, 1.82) is 0 Å². The molecule has 1 aliphatic heterocycles. The van der Waals surface area contributed by atoms with Crippen LogP contribution >= 0.6 is 0 Å². The Morgan fingerprint density at radius 2 is 2.08 bits per heavy atom. The second-order valence-corrected chi connectivity index (χ2v) is 7.89. The van der Waals surface area contributed by atoms with Crippen molar-refractivity contribution in [2.24, 2.45) is 11.8 Å². The van der Waals surface area contributed by atoms with Crippen LogP contribution in [-0.2, 0) is 16.0 Å². The molecule has 2 amide bonds. The summed E-state index contributed by atoms with van der Waals surface area (Å²) < 4.78 is 0. The van der Waals surface area contributed by atoms with Gasteiger partial charge in [0.2, 0.25) is 11.8 Å². The van der Waals surface area contributed by atoms with Gasteiger partial charge in [-0.15, -0.1) is 0 Å². The molecule has 26 heavy (non-hydrogen) atoms. The summed E-state index contributed by atoms with van der Waals surface area (Å²) in [5, 5.41) is 0. The van der Waals surface area contributed by atoms with Crippen LogP contribution in [0, 0.1) is 18.8 Å². The molecule has 0 bridgehead atoms. The summed E-state index contributed by atoms with van der Waals surface area (Å²) in [4.78, 5) is 47.9. The second kappa shape index (κ2) is 7.60. The molecule has 1 saturated carbocycles. The van der Waals surface area contributed by atoms with Gasteiger partial charge in [0.05, 0.1) is 12.5 Å². The van der Waals surface area contributed by atoms with Gasteiger partial charge in [-0.1, -0.05) is 13.8 Å². The number of aromatic nitrogens is 2. The predicted molar refractivity (Wildman–Crippen MR) is 97.6 cm³/mol. The molecule has 0 spiro atoms. The van der Waals surface area contributed by atoms with Gasteiger partial charge in [0.1, 0.15) is 5.82 Å². The van der Waals surface area contributed by atoms with E-state index in [9.17, 15) is 14.4 Å². The standard InChI is InChI=1S/C19H28N4O3/c1-12(2)16-11-22(7-6-17(24)23(16)10-14-4-5-14)18(25)8-15-9-20-13(3)21-19(15)26/h9,12,14,16H,4-8,10-11H2,1-3H3,(H,20,21,26)/t16-/m0/s1. The zero-order valence-corrected chi connectivity index (χ0v) is 15.8. The molecular weight excluding hydrogens is 332 g/mol. The minimum atomic E-state index is -0.271. The number of nitrogens with one attached hydrogen (secondary N) is 1. The monoisotopic (exact) mass is 360 g/mol. The van der Waals surface area contributed by atoms with Crippen molar-refractivity contribution in [2.45, 2.75) is 52.5 Å². The average Bonchev–Trinajstić information content (AvgIpc) is 3.40. The lowest BCUT2D eigenvalue weighted by atomic mass is 10.0. The first kappa shape index (κ1) is 18.6. The summed E-state index contributed by atoms with van der Waals surface area (Å²) in [6.45, 7) is 7.66. The van der Waals surface area contributed by atoms with Crippen molar-refractivity contribution in [3.63, 3.8) is 0 Å². The molecule has 1 atom stereocenters. The van der Waals surface area contributed by atoms with Crippen LogP contribution in [0.1, 0.15) is 44.5 Å². The molecule has 0 unspecified atom stereocenters. The number of carbonyl (C=O) groups excluding carboxylic acids is 2.